The number of nitrogens with one attached hydrogen (secondary N) is 2. The Bertz CT molecular complexity index is 281. The molecule has 2 amide bonds. The Morgan fingerprint density at radius 2 is 0.792 bits per heavy atom. The normalized spacial score (nSPS) is 10.6. The Balaban J connectivity index is 3.36. The fourth-order valence-electron chi connectivity index (χ4n) is 2.52. The number of carbonyl (C=O) groups excluding carboxylic acids is 2. The van der Waals surface area contributed by atoms with Gasteiger partial charge >= 0.3 is 11.8 Å². The third-order valence-corrected chi connectivity index (χ3v) is 4.04. The molecule has 142 valence electrons. The van der Waals surface area contributed by atoms with Gasteiger partial charge in [-0.15, -0.1) is 0 Å². The zero-order valence-corrected chi connectivity index (χ0v) is 15.3. The van der Waals surface area contributed by atoms with Gasteiger partial charge in [-0.25, -0.2) is 0 Å². The standard InChI is InChI=1S/C18H38N4O2/c19-13-9-5-1-3-7-11-15-21-17(23)18(24)22-16-12-8-4-2-6-10-14-20/h1-16,19-20H2,(H,21,23)(H,22,24). The van der Waals surface area contributed by atoms with Crippen LogP contribution in [0, 0.1) is 0 Å². The average Bonchev–Trinajstić information content (AvgIpc) is 2.59. The lowest BCUT2D eigenvalue weighted by Gasteiger charge is -2.07. The van der Waals surface area contributed by atoms with Gasteiger partial charge in [-0.2, -0.15) is 0 Å². The number of nitrogens with two attached hydrogens (primary N) is 2. The molecular formula is C18H38N4O2. The van der Waals surface area contributed by atoms with Gasteiger partial charge in [0, 0.05) is 13.1 Å². The van der Waals surface area contributed by atoms with Crippen molar-refractivity contribution in [2.24, 2.45) is 11.5 Å². The number of unbranched alkanes of at least 4 members (excludes halogenated alkanes) is 10. The second-order valence-corrected chi connectivity index (χ2v) is 6.33. The molecule has 0 saturated heterocycles. The van der Waals surface area contributed by atoms with Crippen LogP contribution in [0.4, 0.5) is 0 Å². The first-order valence-corrected chi connectivity index (χ1v) is 9.68. The Hall–Kier alpha value is -1.14. The van der Waals surface area contributed by atoms with Gasteiger partial charge in [-0.3, -0.25) is 9.59 Å². The van der Waals surface area contributed by atoms with E-state index in [1.165, 1.54) is 25.7 Å². The molecule has 0 aromatic carbocycles. The van der Waals surface area contributed by atoms with Crippen molar-refractivity contribution in [2.75, 3.05) is 26.2 Å². The predicted octanol–water partition coefficient (Wildman–Crippen LogP) is 1.82. The molecule has 0 spiro atoms. The maximum absolute atomic E-state index is 11.6. The molecule has 6 heteroatoms. The summed E-state index contributed by atoms with van der Waals surface area (Å²) in [6.45, 7) is 2.67. The Kier molecular flexibility index (Phi) is 17.3. The Morgan fingerprint density at radius 1 is 0.500 bits per heavy atom. The van der Waals surface area contributed by atoms with Crippen LogP contribution in [0.15, 0.2) is 0 Å². The first kappa shape index (κ1) is 22.9. The zero-order valence-electron chi connectivity index (χ0n) is 15.3. The molecule has 0 aliphatic heterocycles. The largest absolute Gasteiger partial charge is 0.348 e. The smallest absolute Gasteiger partial charge is 0.309 e. The van der Waals surface area contributed by atoms with E-state index in [2.05, 4.69) is 10.6 Å². The summed E-state index contributed by atoms with van der Waals surface area (Å²) < 4.78 is 0. The van der Waals surface area contributed by atoms with Crippen molar-refractivity contribution in [1.29, 1.82) is 0 Å². The van der Waals surface area contributed by atoms with Gasteiger partial charge in [0.1, 0.15) is 0 Å². The van der Waals surface area contributed by atoms with E-state index in [9.17, 15) is 9.59 Å². The fourth-order valence-corrected chi connectivity index (χ4v) is 2.52. The molecule has 0 saturated carbocycles. The SMILES string of the molecule is NCCCCCCCCNC(=O)C(=O)NCCCCCCCCN. The first-order chi connectivity index (χ1) is 11.7. The second kappa shape index (κ2) is 18.2. The summed E-state index contributed by atoms with van der Waals surface area (Å²) in [5.74, 6) is -1.03. The number of amides is 2. The monoisotopic (exact) mass is 342 g/mol. The molecule has 0 aromatic rings. The third kappa shape index (κ3) is 15.7. The maximum atomic E-state index is 11.6. The molecule has 0 atom stereocenters. The lowest BCUT2D eigenvalue weighted by atomic mass is 10.1. The van der Waals surface area contributed by atoms with Gasteiger partial charge in [0.15, 0.2) is 0 Å². The van der Waals surface area contributed by atoms with Crippen molar-refractivity contribution < 1.29 is 9.59 Å². The highest BCUT2D eigenvalue weighted by molar-refractivity contribution is 6.35. The molecule has 0 aliphatic carbocycles. The van der Waals surface area contributed by atoms with Crippen LogP contribution >= 0.6 is 0 Å². The highest BCUT2D eigenvalue weighted by Gasteiger charge is 2.11. The Labute approximate surface area is 147 Å². The Morgan fingerprint density at radius 3 is 1.12 bits per heavy atom. The molecule has 0 fully saturated rings. The van der Waals surface area contributed by atoms with E-state index in [1.807, 2.05) is 0 Å². The molecule has 6 N–H and O–H groups in total. The van der Waals surface area contributed by atoms with Gasteiger partial charge < -0.3 is 22.1 Å². The summed E-state index contributed by atoms with van der Waals surface area (Å²) in [6, 6.07) is 0. The van der Waals surface area contributed by atoms with Crippen LogP contribution in [0.1, 0.15) is 77.0 Å². The van der Waals surface area contributed by atoms with Crippen molar-refractivity contribution in [3.63, 3.8) is 0 Å². The molecule has 0 heterocycles. The number of carbonyl (C=O) groups is 2. The minimum atomic E-state index is -0.513. The summed E-state index contributed by atoms with van der Waals surface area (Å²) in [4.78, 5) is 23.2. The van der Waals surface area contributed by atoms with Crippen LogP contribution in [0.25, 0.3) is 0 Å². The lowest BCUT2D eigenvalue weighted by Crippen LogP contribution is -2.40. The van der Waals surface area contributed by atoms with Gasteiger partial charge in [-0.05, 0) is 38.8 Å². The summed E-state index contributed by atoms with van der Waals surface area (Å²) in [7, 11) is 0. The first-order valence-electron chi connectivity index (χ1n) is 9.68. The van der Waals surface area contributed by atoms with Crippen molar-refractivity contribution in [2.45, 2.75) is 77.0 Å². The zero-order chi connectivity index (χ0) is 17.9. The fraction of sp³-hybridized carbons (Fsp3) is 0.889. The molecule has 24 heavy (non-hydrogen) atoms. The van der Waals surface area contributed by atoms with Crippen LogP contribution in [0.2, 0.25) is 0 Å². The molecule has 0 radical (unpaired) electrons. The van der Waals surface area contributed by atoms with Crippen molar-refractivity contribution in [1.82, 2.24) is 10.6 Å². The van der Waals surface area contributed by atoms with Gasteiger partial charge in [0.05, 0.1) is 0 Å². The minimum absolute atomic E-state index is 0.513. The van der Waals surface area contributed by atoms with Crippen LogP contribution < -0.4 is 22.1 Å². The van der Waals surface area contributed by atoms with E-state index in [0.717, 1.165) is 64.5 Å². The van der Waals surface area contributed by atoms with E-state index in [4.69, 9.17) is 11.5 Å². The van der Waals surface area contributed by atoms with Crippen molar-refractivity contribution in [3.05, 3.63) is 0 Å². The van der Waals surface area contributed by atoms with Gasteiger partial charge in [-0.1, -0.05) is 51.4 Å². The quantitative estimate of drug-likeness (QED) is 0.253. The third-order valence-electron chi connectivity index (χ3n) is 4.04. The molecule has 0 unspecified atom stereocenters. The number of hydrogen-bond donors (Lipinski definition) is 4. The van der Waals surface area contributed by atoms with E-state index >= 15 is 0 Å². The minimum Gasteiger partial charge on any atom is -0.348 e. The van der Waals surface area contributed by atoms with E-state index < -0.39 is 11.8 Å². The van der Waals surface area contributed by atoms with E-state index in [-0.39, 0.29) is 0 Å². The maximum Gasteiger partial charge on any atom is 0.309 e. The van der Waals surface area contributed by atoms with Crippen molar-refractivity contribution >= 4 is 11.8 Å². The van der Waals surface area contributed by atoms with Crippen LogP contribution in [0.3, 0.4) is 0 Å². The molecule has 0 rings (SSSR count). The summed E-state index contributed by atoms with van der Waals surface area (Å²) >= 11 is 0. The highest BCUT2D eigenvalue weighted by Crippen LogP contribution is 2.04. The molecule has 0 bridgehead atoms. The average molecular weight is 343 g/mol. The molecule has 0 aliphatic rings. The molecular weight excluding hydrogens is 304 g/mol. The van der Waals surface area contributed by atoms with Crippen LogP contribution in [-0.4, -0.2) is 38.0 Å². The number of rotatable bonds is 16. The van der Waals surface area contributed by atoms with E-state index in [1.54, 1.807) is 0 Å². The molecule has 0 aromatic heterocycles. The van der Waals surface area contributed by atoms with Gasteiger partial charge in [0.25, 0.3) is 0 Å². The van der Waals surface area contributed by atoms with Gasteiger partial charge in [0.2, 0.25) is 0 Å². The summed E-state index contributed by atoms with van der Waals surface area (Å²) in [5.41, 5.74) is 10.9. The summed E-state index contributed by atoms with van der Waals surface area (Å²) in [6.07, 6.45) is 13.2. The predicted molar refractivity (Wildman–Crippen MR) is 99.5 cm³/mol. The summed E-state index contributed by atoms with van der Waals surface area (Å²) in [5, 5.41) is 5.35. The topological polar surface area (TPSA) is 110 Å². The number of hydrogen-bond acceptors (Lipinski definition) is 4. The van der Waals surface area contributed by atoms with Crippen LogP contribution in [0.5, 0.6) is 0 Å². The lowest BCUT2D eigenvalue weighted by molar-refractivity contribution is -0.139. The highest BCUT2D eigenvalue weighted by atomic mass is 16.2. The van der Waals surface area contributed by atoms with E-state index in [0.29, 0.717) is 13.1 Å². The van der Waals surface area contributed by atoms with Crippen molar-refractivity contribution in [3.8, 4) is 0 Å². The van der Waals surface area contributed by atoms with Crippen LogP contribution in [-0.2, 0) is 9.59 Å². The second-order valence-electron chi connectivity index (χ2n) is 6.33. The molecule has 6 nitrogen and oxygen atoms in total.